The van der Waals surface area contributed by atoms with E-state index in [2.05, 4.69) is 10.6 Å². The van der Waals surface area contributed by atoms with Gasteiger partial charge in [-0.05, 0) is 54.1 Å². The molecule has 0 aliphatic heterocycles. The van der Waals surface area contributed by atoms with Crippen molar-refractivity contribution in [2.24, 2.45) is 7.05 Å². The number of carboxylic acid groups (broad SMARTS) is 1. The highest BCUT2D eigenvalue weighted by molar-refractivity contribution is 7.99. The van der Waals surface area contributed by atoms with Gasteiger partial charge in [0.05, 0.1) is 44.2 Å². The maximum Gasteiger partial charge on any atom is 0.336 e. The third-order valence-electron chi connectivity index (χ3n) is 9.74. The largest absolute Gasteiger partial charge is 0.478 e. The van der Waals surface area contributed by atoms with Gasteiger partial charge >= 0.3 is 5.97 Å². The van der Waals surface area contributed by atoms with Crippen molar-refractivity contribution in [2.75, 3.05) is 16.4 Å². The second kappa shape index (κ2) is 16.1. The van der Waals surface area contributed by atoms with Crippen LogP contribution < -0.4 is 16.2 Å². The molecule has 7 rings (SSSR count). The number of aromatic nitrogens is 1. The minimum atomic E-state index is -5.37. The molecule has 0 atom stereocenters. The van der Waals surface area contributed by atoms with Crippen LogP contribution in [0.15, 0.2) is 121 Å². The van der Waals surface area contributed by atoms with Crippen molar-refractivity contribution in [2.45, 2.75) is 26.0 Å². The van der Waals surface area contributed by atoms with E-state index < -0.39 is 91.0 Å². The molecule has 0 spiro atoms. The van der Waals surface area contributed by atoms with Gasteiger partial charge in [0, 0.05) is 46.2 Å². The number of rotatable bonds is 13. The first kappa shape index (κ1) is 43.6. The molecule has 6 N–H and O–H groups in total. The molecule has 0 unspecified atom stereocenters. The number of ketones is 2. The summed E-state index contributed by atoms with van der Waals surface area (Å²) >= 11 is 1.00. The number of benzene rings is 5. The van der Waals surface area contributed by atoms with Crippen molar-refractivity contribution in [1.29, 1.82) is 0 Å². The van der Waals surface area contributed by atoms with Gasteiger partial charge in [-0.2, -0.15) is 25.3 Å². The predicted octanol–water partition coefficient (Wildman–Crippen LogP) is 5.28. The predicted molar refractivity (Wildman–Crippen MR) is 224 cm³/mol. The monoisotopic (exact) mass is 919 g/mol. The van der Waals surface area contributed by atoms with E-state index in [1.165, 1.54) is 73.8 Å². The summed E-state index contributed by atoms with van der Waals surface area (Å²) in [5, 5.41) is 14.5. The zero-order valence-corrected chi connectivity index (χ0v) is 34.8. The third kappa shape index (κ3) is 8.14. The molecule has 62 heavy (non-hydrogen) atoms. The Balaban J connectivity index is 1.38. The standard InChI is InChI=1S/C40H29N3O15S4/c1-43-28-14-13-25(34-35(28)33(22-9-2-3-10-23(22)38(34)46)36(39(43)47)37(45)20-7-6-8-21(17-20)60(50,51)52)41-26-18-27(31(62(56,57)58)19-30(26)61(53,54)55)42-32(44)15-16-59-29-12-5-4-11-24(29)40(48)49/h2-14,17-19,41H,15-16H2,1H3,(H,42,44)(H,48,49)(H,50,51,52)(H,53,54,55)(H,56,57,58). The first-order valence-corrected chi connectivity index (χ1v) is 23.0. The number of thioether (sulfide) groups is 1. The van der Waals surface area contributed by atoms with Gasteiger partial charge in [0.2, 0.25) is 5.91 Å². The Labute approximate surface area is 355 Å². The molecule has 1 aromatic heterocycles. The number of nitrogens with zero attached hydrogens (tertiary/aromatic N) is 1. The summed E-state index contributed by atoms with van der Waals surface area (Å²) in [5.41, 5.74) is -3.30. The average Bonchev–Trinajstić information content (AvgIpc) is 3.20. The number of hydrogen-bond acceptors (Lipinski definition) is 13. The molecule has 1 aliphatic carbocycles. The van der Waals surface area contributed by atoms with Crippen molar-refractivity contribution in [3.8, 4) is 11.1 Å². The number of pyridine rings is 1. The Morgan fingerprint density at radius 2 is 1.34 bits per heavy atom. The van der Waals surface area contributed by atoms with Crippen molar-refractivity contribution < 1.29 is 63.2 Å². The van der Waals surface area contributed by atoms with Crippen LogP contribution in [0.25, 0.3) is 22.0 Å². The topological polar surface area (TPSA) is 298 Å². The van der Waals surface area contributed by atoms with Gasteiger partial charge in [0.1, 0.15) is 9.79 Å². The fourth-order valence-electron chi connectivity index (χ4n) is 6.99. The van der Waals surface area contributed by atoms with Crippen molar-refractivity contribution in [1.82, 2.24) is 4.57 Å². The van der Waals surface area contributed by atoms with Gasteiger partial charge in [-0.15, -0.1) is 11.8 Å². The van der Waals surface area contributed by atoms with Crippen molar-refractivity contribution in [3.05, 3.63) is 135 Å². The highest BCUT2D eigenvalue weighted by atomic mass is 32.2. The Bertz CT molecular complexity index is 3380. The van der Waals surface area contributed by atoms with Crippen LogP contribution in [-0.2, 0) is 42.2 Å². The Morgan fingerprint density at radius 1 is 0.694 bits per heavy atom. The van der Waals surface area contributed by atoms with E-state index in [1.807, 2.05) is 0 Å². The lowest BCUT2D eigenvalue weighted by molar-refractivity contribution is -0.115. The van der Waals surface area contributed by atoms with Gasteiger partial charge in [-0.3, -0.25) is 32.8 Å². The molecule has 0 saturated heterocycles. The number of carbonyl (C=O) groups excluding carboxylic acids is 3. The number of carboxylic acids is 1. The molecule has 6 aromatic rings. The summed E-state index contributed by atoms with van der Waals surface area (Å²) in [5.74, 6) is -3.78. The molecule has 0 radical (unpaired) electrons. The summed E-state index contributed by atoms with van der Waals surface area (Å²) in [7, 11) is -14.2. The lowest BCUT2D eigenvalue weighted by Crippen LogP contribution is -2.29. The maximum absolute atomic E-state index is 14.5. The van der Waals surface area contributed by atoms with Gasteiger partial charge in [-0.25, -0.2) is 4.79 Å². The van der Waals surface area contributed by atoms with Crippen LogP contribution in [0.5, 0.6) is 0 Å². The number of carbonyl (C=O) groups is 4. The highest BCUT2D eigenvalue weighted by Gasteiger charge is 2.35. The Hall–Kier alpha value is -6.53. The van der Waals surface area contributed by atoms with E-state index in [0.717, 1.165) is 34.5 Å². The molecular weight excluding hydrogens is 891 g/mol. The summed E-state index contributed by atoms with van der Waals surface area (Å²) in [6.07, 6.45) is -0.349. The molecule has 5 aromatic carbocycles. The van der Waals surface area contributed by atoms with E-state index in [4.69, 9.17) is 0 Å². The average molecular weight is 920 g/mol. The molecule has 1 heterocycles. The van der Waals surface area contributed by atoms with Crippen LogP contribution in [0.1, 0.15) is 48.6 Å². The first-order chi connectivity index (χ1) is 29.1. The Morgan fingerprint density at radius 3 is 2.00 bits per heavy atom. The number of aromatic carboxylic acids is 1. The lowest BCUT2D eigenvalue weighted by atomic mass is 9.80. The van der Waals surface area contributed by atoms with Gasteiger partial charge in [-0.1, -0.05) is 48.5 Å². The zero-order valence-electron chi connectivity index (χ0n) is 31.5. The number of aryl methyl sites for hydroxylation is 1. The number of anilines is 3. The first-order valence-electron chi connectivity index (χ1n) is 17.7. The van der Waals surface area contributed by atoms with Gasteiger partial charge < -0.3 is 20.3 Å². The van der Waals surface area contributed by atoms with Crippen LogP contribution >= 0.6 is 11.8 Å². The van der Waals surface area contributed by atoms with Crippen molar-refractivity contribution >= 4 is 93.5 Å². The van der Waals surface area contributed by atoms with Crippen LogP contribution in [0.2, 0.25) is 0 Å². The van der Waals surface area contributed by atoms with Crippen molar-refractivity contribution in [3.63, 3.8) is 0 Å². The summed E-state index contributed by atoms with van der Waals surface area (Å²) in [4.78, 5) is 65.0. The van der Waals surface area contributed by atoms with Crippen LogP contribution in [0, 0.1) is 0 Å². The fourth-order valence-corrected chi connectivity index (χ4v) is 9.90. The quantitative estimate of drug-likeness (QED) is 0.0487. The minimum Gasteiger partial charge on any atom is -0.478 e. The summed E-state index contributed by atoms with van der Waals surface area (Å²) < 4.78 is 106. The third-order valence-corrected chi connectivity index (χ3v) is 13.4. The molecule has 18 nitrogen and oxygen atoms in total. The number of amides is 1. The summed E-state index contributed by atoms with van der Waals surface area (Å²) in [6, 6.07) is 19.9. The number of fused-ring (bicyclic) bond motifs is 2. The van der Waals surface area contributed by atoms with Gasteiger partial charge in [0.25, 0.3) is 35.9 Å². The van der Waals surface area contributed by atoms with E-state index in [9.17, 15) is 68.0 Å². The number of hydrogen-bond donors (Lipinski definition) is 6. The second-order valence-corrected chi connectivity index (χ2v) is 18.9. The molecule has 318 valence electrons. The molecule has 1 aliphatic rings. The zero-order chi connectivity index (χ0) is 45.1. The van der Waals surface area contributed by atoms with E-state index in [1.54, 1.807) is 6.07 Å². The summed E-state index contributed by atoms with van der Waals surface area (Å²) in [6.45, 7) is 0. The molecule has 0 fully saturated rings. The number of nitrogens with one attached hydrogen (secondary N) is 2. The van der Waals surface area contributed by atoms with Crippen LogP contribution in [-0.4, -0.2) is 77.8 Å². The molecular formula is C40H29N3O15S4. The molecule has 22 heteroatoms. The van der Waals surface area contributed by atoms with E-state index >= 15 is 0 Å². The second-order valence-electron chi connectivity index (χ2n) is 13.6. The maximum atomic E-state index is 14.5. The Kier molecular flexibility index (Phi) is 11.3. The fraction of sp³-hybridized carbons (Fsp3) is 0.0750. The van der Waals surface area contributed by atoms with Crippen LogP contribution in [0.3, 0.4) is 0 Å². The smallest absolute Gasteiger partial charge is 0.336 e. The SMILES string of the molecule is Cn1c(=O)c(C(=O)c2cccc(S(=O)(=O)O)c2)c2c3c(c(Nc4cc(NC(=O)CCSc5ccccc5C(=O)O)c(S(=O)(=O)O)cc4S(=O)(=O)O)ccc31)C(=O)c1ccccc1-2. The normalized spacial score (nSPS) is 12.5. The lowest BCUT2D eigenvalue weighted by Gasteiger charge is -2.26. The minimum absolute atomic E-state index is 0.00598. The van der Waals surface area contributed by atoms with E-state index in [0.29, 0.717) is 11.0 Å². The molecule has 0 bridgehead atoms. The highest BCUT2D eigenvalue weighted by Crippen LogP contribution is 2.45. The molecule has 0 saturated carbocycles. The molecule has 1 amide bonds. The van der Waals surface area contributed by atoms with Crippen LogP contribution in [0.4, 0.5) is 17.1 Å². The van der Waals surface area contributed by atoms with E-state index in [-0.39, 0.29) is 62.1 Å². The van der Waals surface area contributed by atoms with Gasteiger partial charge in [0.15, 0.2) is 11.6 Å².